The van der Waals surface area contributed by atoms with E-state index < -0.39 is 11.8 Å². The van der Waals surface area contributed by atoms with E-state index in [1.54, 1.807) is 30.5 Å². The lowest BCUT2D eigenvalue weighted by molar-refractivity contribution is 0.0829. The van der Waals surface area contributed by atoms with Crippen LogP contribution in [-0.2, 0) is 13.1 Å². The highest BCUT2D eigenvalue weighted by molar-refractivity contribution is 6.02. The van der Waals surface area contributed by atoms with Gasteiger partial charge in [0.25, 0.3) is 5.91 Å². The summed E-state index contributed by atoms with van der Waals surface area (Å²) in [4.78, 5) is 27.6. The summed E-state index contributed by atoms with van der Waals surface area (Å²) in [5.41, 5.74) is 8.17. The van der Waals surface area contributed by atoms with Crippen LogP contribution in [-0.4, -0.2) is 39.6 Å². The maximum absolute atomic E-state index is 12.9. The molecule has 0 bridgehead atoms. The first kappa shape index (κ1) is 24.0. The van der Waals surface area contributed by atoms with Crippen LogP contribution in [0, 0.1) is 0 Å². The molecule has 0 aliphatic carbocycles. The van der Waals surface area contributed by atoms with Crippen LogP contribution in [0.5, 0.6) is 0 Å². The molecular weight excluding hydrogens is 442 g/mol. The second-order valence-corrected chi connectivity index (χ2v) is 8.08. The van der Waals surface area contributed by atoms with Crippen LogP contribution < -0.4 is 10.9 Å². The Morgan fingerprint density at radius 3 is 2.37 bits per heavy atom. The van der Waals surface area contributed by atoms with Crippen molar-refractivity contribution in [3.63, 3.8) is 0 Å². The van der Waals surface area contributed by atoms with Gasteiger partial charge in [-0.05, 0) is 54.0 Å². The predicted octanol–water partition coefficient (Wildman–Crippen LogP) is 4.11. The Balaban J connectivity index is 1.40. The van der Waals surface area contributed by atoms with E-state index in [9.17, 15) is 9.59 Å². The monoisotopic (exact) mass is 471 g/mol. The van der Waals surface area contributed by atoms with Crippen molar-refractivity contribution in [3.05, 3.63) is 102 Å². The first-order valence-corrected chi connectivity index (χ1v) is 11.6. The zero-order valence-electron chi connectivity index (χ0n) is 19.9. The third-order valence-corrected chi connectivity index (χ3v) is 5.79. The van der Waals surface area contributed by atoms with Gasteiger partial charge in [0.15, 0.2) is 5.76 Å². The number of benzene rings is 2. The molecule has 4 aromatic rings. The van der Waals surface area contributed by atoms with Crippen LogP contribution in [0.2, 0.25) is 0 Å². The van der Waals surface area contributed by atoms with Gasteiger partial charge in [0.05, 0.1) is 13.1 Å². The fourth-order valence-corrected chi connectivity index (χ4v) is 3.80. The molecule has 0 aliphatic heterocycles. The topological polar surface area (TPSA) is 92.4 Å². The highest BCUT2D eigenvalue weighted by Crippen LogP contribution is 2.24. The molecular formula is C27H29N5O3. The number of carbonyl (C=O) groups is 2. The van der Waals surface area contributed by atoms with Crippen molar-refractivity contribution in [2.75, 3.05) is 13.1 Å². The average molecular weight is 472 g/mol. The Hall–Kier alpha value is -4.17. The van der Waals surface area contributed by atoms with Crippen LogP contribution in [0.25, 0.3) is 11.1 Å². The van der Waals surface area contributed by atoms with E-state index in [4.69, 9.17) is 4.42 Å². The van der Waals surface area contributed by atoms with Crippen LogP contribution in [0.3, 0.4) is 0 Å². The SMILES string of the molecule is CCN(CC)Cc1ccc(C(=O)NNC(=O)c2ccccc2-c2ccc(Cn3cccn3)cc2)o1. The maximum atomic E-state index is 12.9. The van der Waals surface area contributed by atoms with Crippen molar-refractivity contribution < 1.29 is 14.0 Å². The summed E-state index contributed by atoms with van der Waals surface area (Å²) in [6, 6.07) is 20.5. The second kappa shape index (κ2) is 11.3. The van der Waals surface area contributed by atoms with Crippen molar-refractivity contribution >= 4 is 11.8 Å². The van der Waals surface area contributed by atoms with E-state index in [1.807, 2.05) is 53.3 Å². The van der Waals surface area contributed by atoms with Gasteiger partial charge < -0.3 is 4.42 Å². The number of nitrogens with one attached hydrogen (secondary N) is 2. The van der Waals surface area contributed by atoms with Crippen molar-refractivity contribution in [2.45, 2.75) is 26.9 Å². The highest BCUT2D eigenvalue weighted by Gasteiger charge is 2.16. The molecule has 0 aliphatic rings. The maximum Gasteiger partial charge on any atom is 0.305 e. The zero-order chi connectivity index (χ0) is 24.6. The molecule has 2 aromatic heterocycles. The van der Waals surface area contributed by atoms with Crippen molar-refractivity contribution in [1.29, 1.82) is 0 Å². The van der Waals surface area contributed by atoms with E-state index in [2.05, 4.69) is 34.7 Å². The molecule has 0 unspecified atom stereocenters. The molecule has 0 atom stereocenters. The summed E-state index contributed by atoms with van der Waals surface area (Å²) in [6.45, 7) is 7.22. The predicted molar refractivity (Wildman–Crippen MR) is 133 cm³/mol. The molecule has 0 radical (unpaired) electrons. The van der Waals surface area contributed by atoms with E-state index in [0.29, 0.717) is 24.4 Å². The van der Waals surface area contributed by atoms with Crippen LogP contribution in [0.15, 0.2) is 83.5 Å². The Bertz CT molecular complexity index is 1260. The molecule has 2 aromatic carbocycles. The van der Waals surface area contributed by atoms with Crippen LogP contribution in [0.1, 0.15) is 46.1 Å². The molecule has 2 amide bonds. The number of furan rings is 1. The molecule has 0 spiro atoms. The Labute approximate surface area is 204 Å². The van der Waals surface area contributed by atoms with Crippen LogP contribution >= 0.6 is 0 Å². The lowest BCUT2D eigenvalue weighted by atomic mass is 9.98. The molecule has 8 nitrogen and oxygen atoms in total. The minimum atomic E-state index is -0.510. The first-order chi connectivity index (χ1) is 17.1. The minimum Gasteiger partial charge on any atom is -0.454 e. The second-order valence-electron chi connectivity index (χ2n) is 8.08. The fraction of sp³-hybridized carbons (Fsp3) is 0.222. The third-order valence-electron chi connectivity index (χ3n) is 5.79. The molecule has 2 heterocycles. The number of hydrogen-bond acceptors (Lipinski definition) is 5. The van der Waals surface area contributed by atoms with Gasteiger partial charge in [-0.2, -0.15) is 5.10 Å². The lowest BCUT2D eigenvalue weighted by Gasteiger charge is -2.15. The average Bonchev–Trinajstić information content (AvgIpc) is 3.58. The first-order valence-electron chi connectivity index (χ1n) is 11.6. The minimum absolute atomic E-state index is 0.147. The molecule has 0 fully saturated rings. The van der Waals surface area contributed by atoms with Crippen LogP contribution in [0.4, 0.5) is 0 Å². The molecule has 8 heteroatoms. The number of hydrogen-bond donors (Lipinski definition) is 2. The van der Waals surface area contributed by atoms with Crippen molar-refractivity contribution in [2.24, 2.45) is 0 Å². The Morgan fingerprint density at radius 1 is 0.914 bits per heavy atom. The summed E-state index contributed by atoms with van der Waals surface area (Å²) >= 11 is 0. The lowest BCUT2D eigenvalue weighted by Crippen LogP contribution is -2.41. The normalized spacial score (nSPS) is 10.9. The smallest absolute Gasteiger partial charge is 0.305 e. The van der Waals surface area contributed by atoms with Gasteiger partial charge in [-0.3, -0.25) is 30.0 Å². The van der Waals surface area contributed by atoms with Gasteiger partial charge >= 0.3 is 5.91 Å². The van der Waals surface area contributed by atoms with E-state index >= 15 is 0 Å². The Kier molecular flexibility index (Phi) is 7.74. The van der Waals surface area contributed by atoms with Crippen molar-refractivity contribution in [1.82, 2.24) is 25.5 Å². The largest absolute Gasteiger partial charge is 0.454 e. The third kappa shape index (κ3) is 6.04. The van der Waals surface area contributed by atoms with Gasteiger partial charge in [-0.1, -0.05) is 56.3 Å². The molecule has 180 valence electrons. The van der Waals surface area contributed by atoms with Gasteiger partial charge in [-0.25, -0.2) is 0 Å². The van der Waals surface area contributed by atoms with Gasteiger partial charge in [0, 0.05) is 18.0 Å². The number of aromatic nitrogens is 2. The van der Waals surface area contributed by atoms with E-state index in [1.165, 1.54) is 0 Å². The molecule has 0 saturated heterocycles. The van der Waals surface area contributed by atoms with Gasteiger partial charge in [0.1, 0.15) is 5.76 Å². The molecule has 0 saturated carbocycles. The quantitative estimate of drug-likeness (QED) is 0.359. The molecule has 35 heavy (non-hydrogen) atoms. The molecule has 4 rings (SSSR count). The number of carbonyl (C=O) groups excluding carboxylic acids is 2. The highest BCUT2D eigenvalue weighted by atomic mass is 16.4. The standard InChI is InChI=1S/C27H29N5O3/c1-3-31(4-2)19-22-14-15-25(35-22)27(34)30-29-26(33)24-9-6-5-8-23(24)21-12-10-20(11-13-21)18-32-17-7-16-28-32/h5-17H,3-4,18-19H2,1-2H3,(H,29,33)(H,30,34). The number of amides is 2. The summed E-state index contributed by atoms with van der Waals surface area (Å²) < 4.78 is 7.50. The summed E-state index contributed by atoms with van der Waals surface area (Å²) in [5.74, 6) is -0.0749. The van der Waals surface area contributed by atoms with Crippen molar-refractivity contribution in [3.8, 4) is 11.1 Å². The molecule has 2 N–H and O–H groups in total. The zero-order valence-corrected chi connectivity index (χ0v) is 19.9. The summed E-state index contributed by atoms with van der Waals surface area (Å²) in [7, 11) is 0. The van der Waals surface area contributed by atoms with Gasteiger partial charge in [-0.15, -0.1) is 0 Å². The Morgan fingerprint density at radius 2 is 1.66 bits per heavy atom. The summed E-state index contributed by atoms with van der Waals surface area (Å²) in [6.07, 6.45) is 3.66. The number of nitrogens with zero attached hydrogens (tertiary/aromatic N) is 3. The van der Waals surface area contributed by atoms with E-state index in [-0.39, 0.29) is 5.76 Å². The summed E-state index contributed by atoms with van der Waals surface area (Å²) in [5, 5.41) is 4.23. The van der Waals surface area contributed by atoms with Gasteiger partial charge in [0.2, 0.25) is 0 Å². The number of hydrazine groups is 1. The number of rotatable bonds is 9. The fourth-order valence-electron chi connectivity index (χ4n) is 3.80. The van der Waals surface area contributed by atoms with E-state index in [0.717, 1.165) is 29.8 Å².